The zero-order chi connectivity index (χ0) is 15.0. The van der Waals surface area contributed by atoms with Gasteiger partial charge >= 0.3 is 0 Å². The molecule has 2 unspecified atom stereocenters. The maximum Gasteiger partial charge on any atom is 0.226 e. The third-order valence-corrected chi connectivity index (χ3v) is 6.56. The average Bonchev–Trinajstić information content (AvgIpc) is 3.00. The van der Waals surface area contributed by atoms with Gasteiger partial charge in [-0.25, -0.2) is 0 Å². The van der Waals surface area contributed by atoms with E-state index in [1.165, 1.54) is 38.5 Å². The molecule has 2 heterocycles. The molecule has 4 rings (SSSR count). The number of carbonyl (C=O) groups excluding carboxylic acids is 1. The Labute approximate surface area is 146 Å². The molecule has 0 aromatic rings. The largest absolute Gasteiger partial charge is 0.376 e. The normalized spacial score (nSPS) is 32.7. The van der Waals surface area contributed by atoms with Crippen LogP contribution in [0.15, 0.2) is 0 Å². The Morgan fingerprint density at radius 3 is 2.52 bits per heavy atom. The summed E-state index contributed by atoms with van der Waals surface area (Å²) in [4.78, 5) is 15.5. The van der Waals surface area contributed by atoms with Gasteiger partial charge in [0, 0.05) is 25.1 Å². The van der Waals surface area contributed by atoms with E-state index in [9.17, 15) is 4.79 Å². The first-order chi connectivity index (χ1) is 10.8. The van der Waals surface area contributed by atoms with Crippen molar-refractivity contribution >= 4 is 18.3 Å². The molecule has 2 aliphatic heterocycles. The van der Waals surface area contributed by atoms with E-state index >= 15 is 0 Å². The minimum atomic E-state index is 0. The molecular weight excluding hydrogens is 312 g/mol. The van der Waals surface area contributed by atoms with E-state index in [-0.39, 0.29) is 12.4 Å². The standard InChI is InChI=1S/C18H30N2O2.ClH/c21-17(16-12-18(16)7-9-19-10-8-18)20(14-4-1-2-5-14)13-15-6-3-11-22-15;/h14-16,19H,1-13H2;1H. The molecule has 0 bridgehead atoms. The number of amides is 1. The molecule has 0 aromatic heterocycles. The predicted octanol–water partition coefficient (Wildman–Crippen LogP) is 2.75. The van der Waals surface area contributed by atoms with E-state index in [0.29, 0.717) is 29.4 Å². The van der Waals surface area contributed by atoms with Gasteiger partial charge in [0.15, 0.2) is 0 Å². The highest BCUT2D eigenvalue weighted by Gasteiger charge is 2.59. The van der Waals surface area contributed by atoms with Crippen LogP contribution in [-0.2, 0) is 9.53 Å². The molecule has 5 heteroatoms. The van der Waals surface area contributed by atoms with Crippen LogP contribution in [0.4, 0.5) is 0 Å². The van der Waals surface area contributed by atoms with E-state index in [1.807, 2.05) is 0 Å². The third kappa shape index (κ3) is 3.54. The molecule has 1 N–H and O–H groups in total. The van der Waals surface area contributed by atoms with Gasteiger partial charge in [-0.2, -0.15) is 0 Å². The maximum absolute atomic E-state index is 13.2. The van der Waals surface area contributed by atoms with Gasteiger partial charge in [-0.3, -0.25) is 4.79 Å². The van der Waals surface area contributed by atoms with Crippen LogP contribution in [0.1, 0.15) is 57.8 Å². The lowest BCUT2D eigenvalue weighted by Gasteiger charge is -2.33. The topological polar surface area (TPSA) is 41.6 Å². The summed E-state index contributed by atoms with van der Waals surface area (Å²) in [7, 11) is 0. The van der Waals surface area contributed by atoms with Crippen molar-refractivity contribution in [1.29, 1.82) is 0 Å². The molecule has 1 spiro atoms. The Bertz CT molecular complexity index is 413. The van der Waals surface area contributed by atoms with E-state index in [2.05, 4.69) is 10.2 Å². The number of hydrogen-bond acceptors (Lipinski definition) is 3. The van der Waals surface area contributed by atoms with Crippen LogP contribution >= 0.6 is 12.4 Å². The number of rotatable bonds is 4. The summed E-state index contributed by atoms with van der Waals surface area (Å²) in [5, 5.41) is 3.44. The molecule has 4 nitrogen and oxygen atoms in total. The van der Waals surface area contributed by atoms with Gasteiger partial charge in [-0.05, 0) is 63.5 Å². The lowest BCUT2D eigenvalue weighted by atomic mass is 9.91. The summed E-state index contributed by atoms with van der Waals surface area (Å²) in [6, 6.07) is 0.496. The number of hydrogen-bond donors (Lipinski definition) is 1. The summed E-state index contributed by atoms with van der Waals surface area (Å²) < 4.78 is 5.83. The van der Waals surface area contributed by atoms with Crippen molar-refractivity contribution in [2.75, 3.05) is 26.2 Å². The van der Waals surface area contributed by atoms with Crippen LogP contribution in [0, 0.1) is 11.3 Å². The van der Waals surface area contributed by atoms with Crippen molar-refractivity contribution in [2.45, 2.75) is 69.9 Å². The van der Waals surface area contributed by atoms with Crippen molar-refractivity contribution in [3.63, 3.8) is 0 Å². The quantitative estimate of drug-likeness (QED) is 0.854. The van der Waals surface area contributed by atoms with Crippen LogP contribution in [-0.4, -0.2) is 49.2 Å². The number of nitrogens with zero attached hydrogens (tertiary/aromatic N) is 1. The van der Waals surface area contributed by atoms with Crippen molar-refractivity contribution in [2.24, 2.45) is 11.3 Å². The summed E-state index contributed by atoms with van der Waals surface area (Å²) in [6.07, 6.45) is 11.1. The predicted molar refractivity (Wildman–Crippen MR) is 92.8 cm³/mol. The molecule has 0 radical (unpaired) electrons. The Balaban J connectivity index is 0.00000156. The van der Waals surface area contributed by atoms with Crippen LogP contribution in [0.25, 0.3) is 0 Å². The smallest absolute Gasteiger partial charge is 0.226 e. The van der Waals surface area contributed by atoms with Crippen molar-refractivity contribution < 1.29 is 9.53 Å². The lowest BCUT2D eigenvalue weighted by Crippen LogP contribution is -2.45. The number of halogens is 1. The van der Waals surface area contributed by atoms with E-state index < -0.39 is 0 Å². The minimum Gasteiger partial charge on any atom is -0.376 e. The minimum absolute atomic E-state index is 0. The molecule has 0 aromatic carbocycles. The highest BCUT2D eigenvalue weighted by molar-refractivity contribution is 5.85. The second-order valence-electron chi connectivity index (χ2n) is 7.93. The molecule has 2 aliphatic carbocycles. The van der Waals surface area contributed by atoms with Crippen LogP contribution < -0.4 is 5.32 Å². The van der Waals surface area contributed by atoms with Crippen molar-refractivity contribution in [3.8, 4) is 0 Å². The molecule has 2 atom stereocenters. The fourth-order valence-corrected chi connectivity index (χ4v) is 5.02. The molecule has 1 amide bonds. The molecule has 2 saturated carbocycles. The zero-order valence-electron chi connectivity index (χ0n) is 14.1. The SMILES string of the molecule is Cl.O=C(C1CC12CCNCC2)N(CC1CCCO1)C1CCCC1. The van der Waals surface area contributed by atoms with Gasteiger partial charge in [0.05, 0.1) is 6.10 Å². The highest BCUT2D eigenvalue weighted by atomic mass is 35.5. The first kappa shape index (κ1) is 17.5. The van der Waals surface area contributed by atoms with Gasteiger partial charge in [0.25, 0.3) is 0 Å². The lowest BCUT2D eigenvalue weighted by molar-refractivity contribution is -0.137. The first-order valence-electron chi connectivity index (χ1n) is 9.41. The van der Waals surface area contributed by atoms with Crippen LogP contribution in [0.3, 0.4) is 0 Å². The summed E-state index contributed by atoms with van der Waals surface area (Å²) in [6.45, 7) is 3.93. The number of ether oxygens (including phenoxy) is 1. The summed E-state index contributed by atoms with van der Waals surface area (Å²) in [5.74, 6) is 0.779. The summed E-state index contributed by atoms with van der Waals surface area (Å²) in [5.41, 5.74) is 0.357. The fraction of sp³-hybridized carbons (Fsp3) is 0.944. The molecule has 2 saturated heterocycles. The van der Waals surface area contributed by atoms with Gasteiger partial charge in [0.1, 0.15) is 0 Å². The molecular formula is C18H31ClN2O2. The van der Waals surface area contributed by atoms with E-state index in [0.717, 1.165) is 45.5 Å². The van der Waals surface area contributed by atoms with E-state index in [4.69, 9.17) is 4.74 Å². The first-order valence-corrected chi connectivity index (χ1v) is 9.41. The van der Waals surface area contributed by atoms with Gasteiger partial charge in [0.2, 0.25) is 5.91 Å². The van der Waals surface area contributed by atoms with Crippen LogP contribution in [0.2, 0.25) is 0 Å². The zero-order valence-corrected chi connectivity index (χ0v) is 14.9. The Hall–Kier alpha value is -0.320. The van der Waals surface area contributed by atoms with E-state index in [1.54, 1.807) is 0 Å². The molecule has 4 aliphatic rings. The number of piperidine rings is 1. The van der Waals surface area contributed by atoms with Gasteiger partial charge < -0.3 is 15.0 Å². The second-order valence-corrected chi connectivity index (χ2v) is 7.93. The molecule has 132 valence electrons. The monoisotopic (exact) mass is 342 g/mol. The van der Waals surface area contributed by atoms with Crippen molar-refractivity contribution in [1.82, 2.24) is 10.2 Å². The molecule has 23 heavy (non-hydrogen) atoms. The Morgan fingerprint density at radius 2 is 1.87 bits per heavy atom. The fourth-order valence-electron chi connectivity index (χ4n) is 5.02. The highest BCUT2D eigenvalue weighted by Crippen LogP contribution is 2.59. The Morgan fingerprint density at radius 1 is 1.13 bits per heavy atom. The average molecular weight is 343 g/mol. The van der Waals surface area contributed by atoms with Crippen molar-refractivity contribution in [3.05, 3.63) is 0 Å². The third-order valence-electron chi connectivity index (χ3n) is 6.56. The second kappa shape index (κ2) is 7.28. The van der Waals surface area contributed by atoms with Gasteiger partial charge in [-0.1, -0.05) is 12.8 Å². The van der Waals surface area contributed by atoms with Gasteiger partial charge in [-0.15, -0.1) is 12.4 Å². The number of nitrogens with one attached hydrogen (secondary N) is 1. The van der Waals surface area contributed by atoms with Crippen LogP contribution in [0.5, 0.6) is 0 Å². The molecule has 4 fully saturated rings. The summed E-state index contributed by atoms with van der Waals surface area (Å²) >= 11 is 0. The Kier molecular flexibility index (Phi) is 5.54. The number of carbonyl (C=O) groups is 1. The maximum atomic E-state index is 13.2.